The van der Waals surface area contributed by atoms with E-state index in [1.807, 2.05) is 24.3 Å². The van der Waals surface area contributed by atoms with Crippen molar-refractivity contribution in [2.24, 2.45) is 4.99 Å². The Morgan fingerprint density at radius 3 is 2.68 bits per heavy atom. The van der Waals surface area contributed by atoms with Gasteiger partial charge in [-0.2, -0.15) is 5.10 Å². The number of guanidine groups is 1. The molecule has 0 bridgehead atoms. The Labute approximate surface area is 163 Å². The zero-order valence-electron chi connectivity index (χ0n) is 13.9. The van der Waals surface area contributed by atoms with Crippen LogP contribution in [0.3, 0.4) is 0 Å². The van der Waals surface area contributed by atoms with Crippen molar-refractivity contribution in [3.8, 4) is 5.69 Å². The molecule has 3 rings (SSSR count). The Hall–Kier alpha value is -2.36. The fraction of sp³-hybridized carbons (Fsp3) is 0.235. The number of hydrogen-bond donors (Lipinski definition) is 2. The first kappa shape index (κ1) is 19.0. The largest absolute Gasteiger partial charge is 0.469 e. The molecule has 3 aromatic rings. The number of halogens is 1. The molecule has 7 nitrogen and oxygen atoms in total. The van der Waals surface area contributed by atoms with Crippen LogP contribution in [0.2, 0.25) is 0 Å². The molecular weight excluding hydrogens is 431 g/mol. The Balaban J connectivity index is 0.00000225. The molecule has 0 atom stereocenters. The molecule has 0 unspecified atom stereocenters. The van der Waals surface area contributed by atoms with Gasteiger partial charge in [-0.05, 0) is 29.8 Å². The molecule has 0 radical (unpaired) electrons. The predicted molar refractivity (Wildman–Crippen MR) is 107 cm³/mol. The maximum Gasteiger partial charge on any atom is 0.191 e. The number of rotatable bonds is 6. The minimum atomic E-state index is 0. The fourth-order valence-corrected chi connectivity index (χ4v) is 2.27. The van der Waals surface area contributed by atoms with Crippen molar-refractivity contribution < 1.29 is 4.42 Å². The minimum absolute atomic E-state index is 0. The highest BCUT2D eigenvalue weighted by Gasteiger charge is 2.01. The van der Waals surface area contributed by atoms with Gasteiger partial charge in [-0.15, -0.1) is 24.0 Å². The third kappa shape index (κ3) is 5.59. The molecule has 2 N–H and O–H groups in total. The molecule has 0 aliphatic rings. The van der Waals surface area contributed by atoms with E-state index in [0.29, 0.717) is 6.54 Å². The molecule has 0 spiro atoms. The van der Waals surface area contributed by atoms with Gasteiger partial charge in [0.05, 0.1) is 12.0 Å². The molecule has 2 aromatic heterocycles. The molecule has 0 saturated heterocycles. The van der Waals surface area contributed by atoms with Crippen molar-refractivity contribution in [2.45, 2.75) is 13.0 Å². The SMILES string of the molecule is CN=C(NCCc1ccco1)NCc1ccc(-n2cncn2)cc1.I. The van der Waals surface area contributed by atoms with Crippen LogP contribution in [0.15, 0.2) is 64.7 Å². The molecule has 8 heteroatoms. The van der Waals surface area contributed by atoms with E-state index in [2.05, 4.69) is 37.8 Å². The first-order valence-electron chi connectivity index (χ1n) is 7.76. The zero-order chi connectivity index (χ0) is 16.6. The molecule has 25 heavy (non-hydrogen) atoms. The summed E-state index contributed by atoms with van der Waals surface area (Å²) in [6.45, 7) is 1.45. The summed E-state index contributed by atoms with van der Waals surface area (Å²) in [5, 5.41) is 10.7. The van der Waals surface area contributed by atoms with Gasteiger partial charge in [-0.1, -0.05) is 12.1 Å². The van der Waals surface area contributed by atoms with E-state index in [0.717, 1.165) is 35.9 Å². The summed E-state index contributed by atoms with van der Waals surface area (Å²) < 4.78 is 7.04. The molecule has 2 heterocycles. The third-order valence-corrected chi connectivity index (χ3v) is 3.55. The van der Waals surface area contributed by atoms with Crippen LogP contribution >= 0.6 is 24.0 Å². The van der Waals surface area contributed by atoms with Gasteiger partial charge in [0.15, 0.2) is 5.96 Å². The summed E-state index contributed by atoms with van der Waals surface area (Å²) in [7, 11) is 1.76. The van der Waals surface area contributed by atoms with Gasteiger partial charge in [0, 0.05) is 26.6 Å². The summed E-state index contributed by atoms with van der Waals surface area (Å²) in [4.78, 5) is 8.17. The van der Waals surface area contributed by atoms with Crippen molar-refractivity contribution in [3.63, 3.8) is 0 Å². The first-order chi connectivity index (χ1) is 11.8. The van der Waals surface area contributed by atoms with E-state index >= 15 is 0 Å². The summed E-state index contributed by atoms with van der Waals surface area (Å²) in [6.07, 6.45) is 5.71. The van der Waals surface area contributed by atoms with E-state index in [1.54, 1.807) is 24.3 Å². The lowest BCUT2D eigenvalue weighted by Crippen LogP contribution is -2.37. The van der Waals surface area contributed by atoms with E-state index in [4.69, 9.17) is 4.42 Å². The van der Waals surface area contributed by atoms with Crippen LogP contribution in [0, 0.1) is 0 Å². The average molecular weight is 452 g/mol. The smallest absolute Gasteiger partial charge is 0.191 e. The monoisotopic (exact) mass is 452 g/mol. The summed E-state index contributed by atoms with van der Waals surface area (Å²) in [6, 6.07) is 12.0. The van der Waals surface area contributed by atoms with Gasteiger partial charge >= 0.3 is 0 Å². The number of nitrogens with one attached hydrogen (secondary N) is 2. The molecule has 0 saturated carbocycles. The fourth-order valence-electron chi connectivity index (χ4n) is 2.27. The second kappa shape index (κ2) is 9.82. The number of hydrogen-bond acceptors (Lipinski definition) is 4. The Morgan fingerprint density at radius 1 is 1.20 bits per heavy atom. The lowest BCUT2D eigenvalue weighted by Gasteiger charge is -2.11. The molecule has 132 valence electrons. The Bertz CT molecular complexity index is 753. The number of nitrogens with zero attached hydrogens (tertiary/aromatic N) is 4. The maximum absolute atomic E-state index is 5.31. The maximum atomic E-state index is 5.31. The van der Waals surface area contributed by atoms with Gasteiger partial charge < -0.3 is 15.1 Å². The number of aliphatic imine (C=N–C) groups is 1. The van der Waals surface area contributed by atoms with Gasteiger partial charge in [-0.25, -0.2) is 9.67 Å². The van der Waals surface area contributed by atoms with Crippen LogP contribution in [0.5, 0.6) is 0 Å². The second-order valence-corrected chi connectivity index (χ2v) is 5.19. The molecule has 1 aromatic carbocycles. The molecule has 0 amide bonds. The Morgan fingerprint density at radius 2 is 2.04 bits per heavy atom. The standard InChI is InChI=1S/C17H20N6O.HI/c1-18-17(20-9-8-16-3-2-10-24-16)21-11-14-4-6-15(7-5-14)23-13-19-12-22-23;/h2-7,10,12-13H,8-9,11H2,1H3,(H2,18,20,21);1H. The van der Waals surface area contributed by atoms with Gasteiger partial charge in [0.1, 0.15) is 18.4 Å². The van der Waals surface area contributed by atoms with E-state index < -0.39 is 0 Å². The van der Waals surface area contributed by atoms with Gasteiger partial charge in [-0.3, -0.25) is 4.99 Å². The molecule has 0 fully saturated rings. The minimum Gasteiger partial charge on any atom is -0.469 e. The van der Waals surface area contributed by atoms with Crippen LogP contribution < -0.4 is 10.6 Å². The van der Waals surface area contributed by atoms with Gasteiger partial charge in [0.25, 0.3) is 0 Å². The highest BCUT2D eigenvalue weighted by Crippen LogP contribution is 2.07. The van der Waals surface area contributed by atoms with Crippen LogP contribution in [-0.4, -0.2) is 34.3 Å². The lowest BCUT2D eigenvalue weighted by molar-refractivity contribution is 0.507. The van der Waals surface area contributed by atoms with Crippen LogP contribution in [0.4, 0.5) is 0 Å². The van der Waals surface area contributed by atoms with Crippen LogP contribution in [0.25, 0.3) is 5.69 Å². The third-order valence-electron chi connectivity index (χ3n) is 3.55. The Kier molecular flexibility index (Phi) is 7.45. The molecular formula is C17H21IN6O. The normalized spacial score (nSPS) is 11.0. The first-order valence-corrected chi connectivity index (χ1v) is 7.76. The number of furan rings is 1. The van der Waals surface area contributed by atoms with Crippen molar-refractivity contribution in [1.29, 1.82) is 0 Å². The number of aromatic nitrogens is 3. The van der Waals surface area contributed by atoms with Crippen molar-refractivity contribution in [2.75, 3.05) is 13.6 Å². The second-order valence-electron chi connectivity index (χ2n) is 5.19. The summed E-state index contributed by atoms with van der Waals surface area (Å²) in [5.74, 6) is 1.73. The average Bonchev–Trinajstić information content (AvgIpc) is 3.32. The quantitative estimate of drug-likeness (QED) is 0.341. The molecule has 0 aliphatic heterocycles. The topological polar surface area (TPSA) is 80.3 Å². The van der Waals surface area contributed by atoms with Crippen molar-refractivity contribution in [1.82, 2.24) is 25.4 Å². The predicted octanol–water partition coefficient (Wildman–Crippen LogP) is 2.39. The van der Waals surface area contributed by atoms with Crippen LogP contribution in [-0.2, 0) is 13.0 Å². The van der Waals surface area contributed by atoms with Gasteiger partial charge in [0.2, 0.25) is 0 Å². The highest BCUT2D eigenvalue weighted by atomic mass is 127. The number of benzene rings is 1. The highest BCUT2D eigenvalue weighted by molar-refractivity contribution is 14.0. The van der Waals surface area contributed by atoms with E-state index in [9.17, 15) is 0 Å². The van der Waals surface area contributed by atoms with Crippen molar-refractivity contribution in [3.05, 3.63) is 66.6 Å². The zero-order valence-corrected chi connectivity index (χ0v) is 16.3. The lowest BCUT2D eigenvalue weighted by atomic mass is 10.2. The van der Waals surface area contributed by atoms with Crippen molar-refractivity contribution >= 4 is 29.9 Å². The van der Waals surface area contributed by atoms with E-state index in [1.165, 1.54) is 6.33 Å². The molecule has 0 aliphatic carbocycles. The van der Waals surface area contributed by atoms with Crippen LogP contribution in [0.1, 0.15) is 11.3 Å². The summed E-state index contributed by atoms with van der Waals surface area (Å²) >= 11 is 0. The van der Waals surface area contributed by atoms with E-state index in [-0.39, 0.29) is 24.0 Å². The summed E-state index contributed by atoms with van der Waals surface area (Å²) in [5.41, 5.74) is 2.14.